The van der Waals surface area contributed by atoms with Gasteiger partial charge in [-0.25, -0.2) is 5.43 Å². The molecule has 0 spiro atoms. The molecule has 0 radical (unpaired) electrons. The van der Waals surface area contributed by atoms with Crippen molar-refractivity contribution in [2.75, 3.05) is 43.1 Å². The molecule has 28 heavy (non-hydrogen) atoms. The van der Waals surface area contributed by atoms with Gasteiger partial charge >= 0.3 is 0 Å². The number of morpholine rings is 1. The van der Waals surface area contributed by atoms with Gasteiger partial charge < -0.3 is 15.0 Å². The SMILES string of the molecule is O=C(CNc1ccccc1)N/N=C/c1cc([N+](=O)[O-])ccc1N1CCOCC1. The Morgan fingerprint density at radius 3 is 2.68 bits per heavy atom. The maximum Gasteiger partial charge on any atom is 0.270 e. The third-order valence-corrected chi connectivity index (χ3v) is 4.19. The monoisotopic (exact) mass is 383 g/mol. The first-order valence-electron chi connectivity index (χ1n) is 8.85. The zero-order valence-corrected chi connectivity index (χ0v) is 15.2. The zero-order chi connectivity index (χ0) is 19.8. The summed E-state index contributed by atoms with van der Waals surface area (Å²) in [6.45, 7) is 2.62. The maximum atomic E-state index is 11.9. The number of amides is 1. The van der Waals surface area contributed by atoms with E-state index in [0.29, 0.717) is 31.9 Å². The van der Waals surface area contributed by atoms with Crippen LogP contribution in [-0.4, -0.2) is 49.9 Å². The van der Waals surface area contributed by atoms with Crippen LogP contribution in [0.1, 0.15) is 5.56 Å². The Balaban J connectivity index is 1.66. The highest BCUT2D eigenvalue weighted by Gasteiger charge is 2.17. The lowest BCUT2D eigenvalue weighted by atomic mass is 10.1. The number of carbonyl (C=O) groups excluding carboxylic acids is 1. The molecule has 1 aliphatic rings. The Hall–Kier alpha value is -3.46. The van der Waals surface area contributed by atoms with Crippen molar-refractivity contribution in [2.24, 2.45) is 5.10 Å². The first-order chi connectivity index (χ1) is 13.6. The third kappa shape index (κ3) is 5.27. The smallest absolute Gasteiger partial charge is 0.270 e. The highest BCUT2D eigenvalue weighted by molar-refractivity contribution is 5.90. The highest BCUT2D eigenvalue weighted by atomic mass is 16.6. The third-order valence-electron chi connectivity index (χ3n) is 4.19. The van der Waals surface area contributed by atoms with E-state index in [9.17, 15) is 14.9 Å². The Morgan fingerprint density at radius 2 is 1.96 bits per heavy atom. The number of carbonyl (C=O) groups is 1. The molecule has 1 aliphatic heterocycles. The van der Waals surface area contributed by atoms with Gasteiger partial charge in [-0.3, -0.25) is 14.9 Å². The van der Waals surface area contributed by atoms with Gasteiger partial charge in [0.15, 0.2) is 0 Å². The van der Waals surface area contributed by atoms with Crippen LogP contribution >= 0.6 is 0 Å². The van der Waals surface area contributed by atoms with Crippen LogP contribution in [-0.2, 0) is 9.53 Å². The van der Waals surface area contributed by atoms with Crippen molar-refractivity contribution in [3.8, 4) is 0 Å². The van der Waals surface area contributed by atoms with Gasteiger partial charge in [0, 0.05) is 42.2 Å². The Morgan fingerprint density at radius 1 is 1.21 bits per heavy atom. The highest BCUT2D eigenvalue weighted by Crippen LogP contribution is 2.25. The van der Waals surface area contributed by atoms with Gasteiger partial charge in [0.05, 0.1) is 30.9 Å². The molecule has 9 heteroatoms. The molecule has 1 fully saturated rings. The van der Waals surface area contributed by atoms with Crippen LogP contribution in [0.25, 0.3) is 0 Å². The topological polar surface area (TPSA) is 109 Å². The van der Waals surface area contributed by atoms with Crippen LogP contribution in [0, 0.1) is 10.1 Å². The zero-order valence-electron chi connectivity index (χ0n) is 15.2. The fourth-order valence-corrected chi connectivity index (χ4v) is 2.80. The van der Waals surface area contributed by atoms with Gasteiger partial charge in [0.2, 0.25) is 0 Å². The molecule has 0 unspecified atom stereocenters. The summed E-state index contributed by atoms with van der Waals surface area (Å²) in [6.07, 6.45) is 1.43. The van der Waals surface area contributed by atoms with E-state index in [0.717, 1.165) is 11.4 Å². The normalized spacial score (nSPS) is 14.1. The lowest BCUT2D eigenvalue weighted by molar-refractivity contribution is -0.384. The van der Waals surface area contributed by atoms with Crippen molar-refractivity contribution in [1.29, 1.82) is 0 Å². The van der Waals surface area contributed by atoms with E-state index in [1.54, 1.807) is 6.07 Å². The molecule has 0 saturated carbocycles. The van der Waals surface area contributed by atoms with E-state index >= 15 is 0 Å². The lowest BCUT2D eigenvalue weighted by Crippen LogP contribution is -2.36. The summed E-state index contributed by atoms with van der Waals surface area (Å²) >= 11 is 0. The molecule has 9 nitrogen and oxygen atoms in total. The molecule has 0 bridgehead atoms. The van der Waals surface area contributed by atoms with Gasteiger partial charge in [-0.2, -0.15) is 5.10 Å². The molecule has 2 aromatic carbocycles. The number of non-ortho nitro benzene ring substituents is 1. The Kier molecular flexibility index (Phi) is 6.53. The predicted molar refractivity (Wildman–Crippen MR) is 107 cm³/mol. The molecule has 0 aliphatic carbocycles. The van der Waals surface area contributed by atoms with Crippen molar-refractivity contribution >= 4 is 29.2 Å². The molecule has 1 heterocycles. The first-order valence-corrected chi connectivity index (χ1v) is 8.85. The van der Waals surface area contributed by atoms with Crippen LogP contribution < -0.4 is 15.6 Å². The van der Waals surface area contributed by atoms with E-state index in [2.05, 4.69) is 20.7 Å². The quantitative estimate of drug-likeness (QED) is 0.430. The van der Waals surface area contributed by atoms with Crippen molar-refractivity contribution in [1.82, 2.24) is 5.43 Å². The van der Waals surface area contributed by atoms with Crippen molar-refractivity contribution in [3.63, 3.8) is 0 Å². The summed E-state index contributed by atoms with van der Waals surface area (Å²) in [4.78, 5) is 24.7. The molecule has 0 atom stereocenters. The number of benzene rings is 2. The molecular weight excluding hydrogens is 362 g/mol. The lowest BCUT2D eigenvalue weighted by Gasteiger charge is -2.29. The molecule has 3 rings (SSSR count). The van der Waals surface area contributed by atoms with E-state index < -0.39 is 4.92 Å². The van der Waals surface area contributed by atoms with Crippen LogP contribution in [0.3, 0.4) is 0 Å². The Bertz CT molecular complexity index is 851. The predicted octanol–water partition coefficient (Wildman–Crippen LogP) is 1.99. The van der Waals surface area contributed by atoms with Crippen molar-refractivity contribution < 1.29 is 14.5 Å². The number of ether oxygens (including phenoxy) is 1. The fraction of sp³-hybridized carbons (Fsp3) is 0.263. The van der Waals surface area contributed by atoms with Crippen LogP contribution in [0.5, 0.6) is 0 Å². The van der Waals surface area contributed by atoms with Gasteiger partial charge in [0.1, 0.15) is 0 Å². The van der Waals surface area contributed by atoms with Crippen LogP contribution in [0.4, 0.5) is 17.1 Å². The largest absolute Gasteiger partial charge is 0.378 e. The van der Waals surface area contributed by atoms with E-state index in [-0.39, 0.29) is 18.1 Å². The maximum absolute atomic E-state index is 11.9. The number of hydrogen-bond acceptors (Lipinski definition) is 7. The molecule has 2 aromatic rings. The molecular formula is C19H21N5O4. The summed E-state index contributed by atoms with van der Waals surface area (Å²) in [5, 5.41) is 18.0. The van der Waals surface area contributed by atoms with Crippen molar-refractivity contribution in [3.05, 3.63) is 64.2 Å². The second kappa shape index (κ2) is 9.47. The fourth-order valence-electron chi connectivity index (χ4n) is 2.80. The molecule has 2 N–H and O–H groups in total. The average Bonchev–Trinajstić information content (AvgIpc) is 2.73. The van der Waals surface area contributed by atoms with Gasteiger partial charge in [-0.05, 0) is 18.2 Å². The summed E-state index contributed by atoms with van der Waals surface area (Å²) in [6, 6.07) is 13.9. The number of rotatable bonds is 7. The van der Waals surface area contributed by atoms with Crippen LogP contribution in [0.15, 0.2) is 53.6 Å². The standard InChI is InChI=1S/C19H21N5O4/c25-19(14-20-16-4-2-1-3-5-16)22-21-13-15-12-17(24(26)27)6-7-18(15)23-8-10-28-11-9-23/h1-7,12-13,20H,8-11,14H2,(H,22,25)/b21-13+. The Labute approximate surface area is 162 Å². The average molecular weight is 383 g/mol. The minimum Gasteiger partial charge on any atom is -0.378 e. The molecule has 0 aromatic heterocycles. The summed E-state index contributed by atoms with van der Waals surface area (Å²) in [5.41, 5.74) is 4.61. The van der Waals surface area contributed by atoms with Crippen LogP contribution in [0.2, 0.25) is 0 Å². The number of anilines is 2. The summed E-state index contributed by atoms with van der Waals surface area (Å²) < 4.78 is 5.35. The van der Waals surface area contributed by atoms with E-state index in [1.807, 2.05) is 30.3 Å². The summed E-state index contributed by atoms with van der Waals surface area (Å²) in [7, 11) is 0. The molecule has 1 amide bonds. The minimum absolute atomic E-state index is 0.0319. The van der Waals surface area contributed by atoms with Crippen molar-refractivity contribution in [2.45, 2.75) is 0 Å². The minimum atomic E-state index is -0.456. The first kappa shape index (κ1) is 19.3. The number of nitro groups is 1. The number of hydrazone groups is 1. The molecule has 146 valence electrons. The number of para-hydroxylation sites is 1. The van der Waals surface area contributed by atoms with Gasteiger partial charge in [-0.15, -0.1) is 0 Å². The van der Waals surface area contributed by atoms with E-state index in [1.165, 1.54) is 18.3 Å². The number of nitrogens with one attached hydrogen (secondary N) is 2. The molecule has 1 saturated heterocycles. The summed E-state index contributed by atoms with van der Waals surface area (Å²) in [5.74, 6) is -0.321. The number of nitro benzene ring substituents is 1. The van der Waals surface area contributed by atoms with E-state index in [4.69, 9.17) is 4.74 Å². The van der Waals surface area contributed by atoms with Gasteiger partial charge in [0.25, 0.3) is 11.6 Å². The second-order valence-electron chi connectivity index (χ2n) is 6.11. The number of hydrogen-bond donors (Lipinski definition) is 2. The van der Waals surface area contributed by atoms with Gasteiger partial charge in [-0.1, -0.05) is 18.2 Å². The number of nitrogens with zero attached hydrogens (tertiary/aromatic N) is 3. The second-order valence-corrected chi connectivity index (χ2v) is 6.11.